The normalized spacial score (nSPS) is 12.7. The highest BCUT2D eigenvalue weighted by atomic mass is 16.3. The van der Waals surface area contributed by atoms with Crippen molar-refractivity contribution in [1.82, 2.24) is 4.48 Å². The van der Waals surface area contributed by atoms with E-state index in [0.29, 0.717) is 0 Å². The number of para-hydroxylation sites is 1. The van der Waals surface area contributed by atoms with Gasteiger partial charge in [-0.25, -0.2) is 0 Å². The second kappa shape index (κ2) is 17.5. The van der Waals surface area contributed by atoms with Crippen LogP contribution in [0.3, 0.4) is 0 Å². The minimum absolute atomic E-state index is 0.257. The molecule has 0 radical (unpaired) electrons. The molecule has 18 rings (SSSR count). The van der Waals surface area contributed by atoms with E-state index in [4.69, 9.17) is 4.42 Å². The van der Waals surface area contributed by atoms with E-state index in [1.54, 1.807) is 0 Å². The van der Waals surface area contributed by atoms with E-state index >= 15 is 0 Å². The summed E-state index contributed by atoms with van der Waals surface area (Å²) >= 11 is 0. The van der Waals surface area contributed by atoms with Crippen molar-refractivity contribution in [2.45, 2.75) is 12.8 Å². The summed E-state index contributed by atoms with van der Waals surface area (Å²) in [6, 6.07) is 102. The Bertz CT molecular complexity index is 5280. The molecule has 0 unspecified atom stereocenters. The number of hydrogen-bond acceptors (Lipinski definition) is 2. The van der Waals surface area contributed by atoms with Crippen molar-refractivity contribution in [3.05, 3.63) is 295 Å². The highest BCUT2D eigenvalue weighted by Crippen LogP contribution is 2.53. The van der Waals surface area contributed by atoms with Crippen LogP contribution in [-0.4, -0.2) is 11.3 Å². The van der Waals surface area contributed by atoms with E-state index < -0.39 is 0 Å². The molecule has 0 fully saturated rings. The summed E-state index contributed by atoms with van der Waals surface area (Å²) in [5.41, 5.74) is 22.5. The number of nitrogens with zero attached hydrogens (tertiary/aromatic N) is 2. The van der Waals surface area contributed by atoms with Crippen molar-refractivity contribution in [2.24, 2.45) is 0 Å². The molecule has 2 aliphatic rings. The van der Waals surface area contributed by atoms with Crippen LogP contribution in [0.2, 0.25) is 0 Å². The second-order valence-electron chi connectivity index (χ2n) is 22.6. The van der Waals surface area contributed by atoms with Crippen molar-refractivity contribution >= 4 is 122 Å². The summed E-state index contributed by atoms with van der Waals surface area (Å²) < 4.78 is 10.1. The zero-order valence-corrected chi connectivity index (χ0v) is 44.8. The molecular weight excluding hydrogens is 992 g/mol. The quantitative estimate of drug-likeness (QED) is 0.117. The van der Waals surface area contributed by atoms with Gasteiger partial charge >= 0.3 is 6.85 Å². The lowest BCUT2D eigenvalue weighted by atomic mass is 9.44. The van der Waals surface area contributed by atoms with Crippen LogP contribution in [0.4, 0.5) is 17.1 Å². The van der Waals surface area contributed by atoms with Gasteiger partial charge in [0.25, 0.3) is 0 Å². The van der Waals surface area contributed by atoms with Crippen molar-refractivity contribution in [3.8, 4) is 33.4 Å². The first-order valence-electron chi connectivity index (χ1n) is 28.7. The van der Waals surface area contributed by atoms with Gasteiger partial charge in [-0.15, -0.1) is 0 Å². The predicted molar refractivity (Wildman–Crippen MR) is 347 cm³/mol. The average Bonchev–Trinajstić information content (AvgIpc) is 2.56. The van der Waals surface area contributed by atoms with Crippen molar-refractivity contribution in [1.29, 1.82) is 0 Å². The molecule has 4 heterocycles. The van der Waals surface area contributed by atoms with Gasteiger partial charge in [-0.2, -0.15) is 0 Å². The molecular formula is C78H49BN2O. The second-order valence-corrected chi connectivity index (χ2v) is 22.6. The van der Waals surface area contributed by atoms with E-state index in [-0.39, 0.29) is 6.85 Å². The van der Waals surface area contributed by atoms with Crippen LogP contribution >= 0.6 is 0 Å². The molecule has 0 saturated heterocycles. The van der Waals surface area contributed by atoms with Gasteiger partial charge in [0.05, 0.1) is 0 Å². The van der Waals surface area contributed by atoms with Gasteiger partial charge in [-0.3, -0.25) is 0 Å². The molecule has 14 aromatic carbocycles. The Hall–Kier alpha value is -10.4. The Kier molecular flexibility index (Phi) is 9.72. The van der Waals surface area contributed by atoms with E-state index in [9.17, 15) is 0 Å². The highest BCUT2D eigenvalue weighted by molar-refractivity contribution is 6.90. The average molecular weight is 1040 g/mol. The van der Waals surface area contributed by atoms with Crippen LogP contribution in [0.25, 0.3) is 120 Å². The molecule has 16 aromatic rings. The molecule has 2 aliphatic heterocycles. The lowest BCUT2D eigenvalue weighted by molar-refractivity contribution is 0.670. The molecule has 3 nitrogen and oxygen atoms in total. The summed E-state index contributed by atoms with van der Waals surface area (Å²) in [6.07, 6.45) is 1.57. The maximum absolute atomic E-state index is 7.36. The molecule has 82 heavy (non-hydrogen) atoms. The van der Waals surface area contributed by atoms with Gasteiger partial charge in [0.15, 0.2) is 0 Å². The van der Waals surface area contributed by atoms with Crippen molar-refractivity contribution < 1.29 is 4.42 Å². The van der Waals surface area contributed by atoms with Crippen LogP contribution in [-0.2, 0) is 12.8 Å². The van der Waals surface area contributed by atoms with Crippen LogP contribution < -0.4 is 15.8 Å². The van der Waals surface area contributed by atoms with Crippen LogP contribution in [0.5, 0.6) is 0 Å². The van der Waals surface area contributed by atoms with E-state index in [1.807, 2.05) is 0 Å². The van der Waals surface area contributed by atoms with Gasteiger partial charge in [0.2, 0.25) is 0 Å². The van der Waals surface area contributed by atoms with Gasteiger partial charge in [-0.05, 0) is 160 Å². The smallest absolute Gasteiger partial charge is 0.333 e. The molecule has 0 amide bonds. The monoisotopic (exact) mass is 1040 g/mol. The molecule has 4 heteroatoms. The fourth-order valence-electron chi connectivity index (χ4n) is 14.7. The van der Waals surface area contributed by atoms with E-state index in [2.05, 4.69) is 282 Å². The van der Waals surface area contributed by atoms with Crippen molar-refractivity contribution in [3.63, 3.8) is 0 Å². The SMILES string of the molecule is c1ccc(Cc2c3ccccc3c(Cc3ccccc3)c3cc4c(cc23)B2c3c(cc5c(oc6ccccc65)c3-c3cc5ccccc5c5c6c7ccccc7ccc6n2c35)N4c2cc(-c3ccccc3)cc(-c3ccccc3)c2)cc1. The Morgan fingerprint density at radius 2 is 0.890 bits per heavy atom. The number of anilines is 3. The van der Waals surface area contributed by atoms with Crippen LogP contribution in [0.1, 0.15) is 22.3 Å². The fourth-order valence-corrected chi connectivity index (χ4v) is 14.7. The summed E-state index contributed by atoms with van der Waals surface area (Å²) in [5.74, 6) is 0. The van der Waals surface area contributed by atoms with Gasteiger partial charge in [-0.1, -0.05) is 224 Å². The summed E-state index contributed by atoms with van der Waals surface area (Å²) in [5, 5.41) is 14.9. The first kappa shape index (κ1) is 45.4. The zero-order chi connectivity index (χ0) is 53.6. The Morgan fingerprint density at radius 1 is 0.366 bits per heavy atom. The molecule has 0 atom stereocenters. The molecule has 0 aliphatic carbocycles. The molecule has 0 saturated carbocycles. The summed E-state index contributed by atoms with van der Waals surface area (Å²) in [7, 11) is 0. The minimum atomic E-state index is -0.257. The van der Waals surface area contributed by atoms with Crippen molar-refractivity contribution in [2.75, 3.05) is 4.90 Å². The predicted octanol–water partition coefficient (Wildman–Crippen LogP) is 19.2. The maximum Gasteiger partial charge on any atom is 0.333 e. The number of furan rings is 1. The fraction of sp³-hybridized carbons (Fsp3) is 0.0256. The summed E-state index contributed by atoms with van der Waals surface area (Å²) in [4.78, 5) is 2.65. The van der Waals surface area contributed by atoms with Crippen LogP contribution in [0.15, 0.2) is 277 Å². The molecule has 0 bridgehead atoms. The first-order valence-corrected chi connectivity index (χ1v) is 28.7. The third-order valence-corrected chi connectivity index (χ3v) is 18.2. The number of fused-ring (bicyclic) bond motifs is 17. The third kappa shape index (κ3) is 6.61. The highest BCUT2D eigenvalue weighted by Gasteiger charge is 2.45. The number of rotatable bonds is 7. The Balaban J connectivity index is 1.07. The van der Waals surface area contributed by atoms with Gasteiger partial charge in [0, 0.05) is 60.8 Å². The Labute approximate surface area is 474 Å². The topological polar surface area (TPSA) is 21.3 Å². The third-order valence-electron chi connectivity index (χ3n) is 18.2. The van der Waals surface area contributed by atoms with Crippen LogP contribution in [0, 0.1) is 0 Å². The number of benzene rings is 14. The van der Waals surface area contributed by atoms with Gasteiger partial charge < -0.3 is 13.8 Å². The summed E-state index contributed by atoms with van der Waals surface area (Å²) in [6.45, 7) is -0.257. The molecule has 2 aromatic heterocycles. The molecule has 380 valence electrons. The molecule has 0 N–H and O–H groups in total. The lowest BCUT2D eigenvalue weighted by Crippen LogP contribution is -2.56. The van der Waals surface area contributed by atoms with E-state index in [1.165, 1.54) is 120 Å². The van der Waals surface area contributed by atoms with Gasteiger partial charge in [0.1, 0.15) is 11.2 Å². The number of hydrogen-bond donors (Lipinski definition) is 0. The van der Waals surface area contributed by atoms with E-state index in [0.717, 1.165) is 62.8 Å². The first-order chi connectivity index (χ1) is 40.7. The number of aromatic nitrogens is 1. The standard InChI is InChI=1S/C78H49BN2O/c1-5-21-48(22-6-1)39-62-59-33-17-18-34-60(59)63(40-49-23-7-2-8-24-49)65-46-70-68(45-64(62)65)79-76-71(80(70)56-42-54(50-25-9-3-10-26-50)41-55(43-56)51-27-11-4-12-28-51)47-66-61-35-19-20-36-72(61)82-78(66)75(76)67-44-53-30-14-16-32-58(53)74-73-57-31-15-13-29-52(57)37-38-69(73)81(79)77(67)74/h1-38,41-47H,39-40H2. The lowest BCUT2D eigenvalue weighted by Gasteiger charge is -2.41. The Morgan fingerprint density at radius 3 is 1.54 bits per heavy atom. The largest absolute Gasteiger partial charge is 0.455 e. The minimum Gasteiger partial charge on any atom is -0.455 e. The maximum atomic E-state index is 7.36. The zero-order valence-electron chi connectivity index (χ0n) is 44.8. The molecule has 0 spiro atoms.